The first-order valence-corrected chi connectivity index (χ1v) is 9.90. The Morgan fingerprint density at radius 1 is 1.23 bits per heavy atom. The summed E-state index contributed by atoms with van der Waals surface area (Å²) in [4.78, 5) is 18.5. The van der Waals surface area contributed by atoms with Gasteiger partial charge in [-0.25, -0.2) is 18.6 Å². The van der Waals surface area contributed by atoms with Gasteiger partial charge in [-0.05, 0) is 63.9 Å². The maximum absolute atomic E-state index is 14.4. The third-order valence-corrected chi connectivity index (χ3v) is 5.02. The second-order valence-corrected chi connectivity index (χ2v) is 8.40. The zero-order valence-corrected chi connectivity index (χ0v) is 17.2. The molecule has 6 nitrogen and oxygen atoms in total. The number of fused-ring (bicyclic) bond motifs is 1. The molecule has 1 aliphatic rings. The fraction of sp³-hybridized carbons (Fsp3) is 0.364. The maximum atomic E-state index is 14.4. The van der Waals surface area contributed by atoms with Crippen molar-refractivity contribution in [1.82, 2.24) is 9.38 Å². The lowest BCUT2D eigenvalue weighted by atomic mass is 10.0. The number of anilines is 2. The second kappa shape index (κ2) is 7.59. The van der Waals surface area contributed by atoms with Crippen LogP contribution in [0, 0.1) is 11.6 Å². The number of pyridine rings is 1. The lowest BCUT2D eigenvalue weighted by Gasteiger charge is -2.27. The predicted molar refractivity (Wildman–Crippen MR) is 111 cm³/mol. The molecule has 2 aromatic heterocycles. The van der Waals surface area contributed by atoms with Crippen molar-refractivity contribution in [3.8, 4) is 0 Å². The highest BCUT2D eigenvalue weighted by Crippen LogP contribution is 2.37. The summed E-state index contributed by atoms with van der Waals surface area (Å²) in [6.45, 7) is 6.09. The van der Waals surface area contributed by atoms with Gasteiger partial charge in [-0.15, -0.1) is 0 Å². The van der Waals surface area contributed by atoms with Gasteiger partial charge in [-0.3, -0.25) is 9.72 Å². The van der Waals surface area contributed by atoms with Gasteiger partial charge in [0.1, 0.15) is 28.7 Å². The smallest absolute Gasteiger partial charge is 0.413 e. The van der Waals surface area contributed by atoms with Crippen LogP contribution in [0.25, 0.3) is 5.65 Å². The summed E-state index contributed by atoms with van der Waals surface area (Å²) in [5.74, 6) is -0.398. The molecule has 0 bridgehead atoms. The average Bonchev–Trinajstić information content (AvgIpc) is 3.29. The van der Waals surface area contributed by atoms with Crippen molar-refractivity contribution in [2.75, 3.05) is 16.8 Å². The van der Waals surface area contributed by atoms with Crippen LogP contribution in [0.5, 0.6) is 0 Å². The van der Waals surface area contributed by atoms with Crippen LogP contribution in [-0.2, 0) is 4.74 Å². The normalized spacial score (nSPS) is 16.8. The summed E-state index contributed by atoms with van der Waals surface area (Å²) >= 11 is 0. The van der Waals surface area contributed by atoms with Gasteiger partial charge in [-0.1, -0.05) is 0 Å². The predicted octanol–water partition coefficient (Wildman–Crippen LogP) is 5.30. The largest absolute Gasteiger partial charge is 0.444 e. The van der Waals surface area contributed by atoms with E-state index >= 15 is 0 Å². The standard InChI is InChI=1S/C22H24F2N4O2/c1-22(2,3)30-21(29)26-20-12-25-19-9-7-15(13-28(19)20)27-10-4-5-18(27)16-11-14(23)6-8-17(16)24/h6-9,11-13,18H,4-5,10H2,1-3H3,(H,26,29)/t18-/m1/s1. The molecule has 1 aromatic carbocycles. The Hall–Kier alpha value is -3.16. The van der Waals surface area contributed by atoms with Gasteiger partial charge >= 0.3 is 6.09 Å². The molecule has 158 valence electrons. The highest BCUT2D eigenvalue weighted by molar-refractivity contribution is 5.84. The van der Waals surface area contributed by atoms with E-state index in [1.54, 1.807) is 31.4 Å². The summed E-state index contributed by atoms with van der Waals surface area (Å²) in [5, 5.41) is 2.71. The SMILES string of the molecule is CC(C)(C)OC(=O)Nc1cnc2ccc(N3CCC[C@@H]3c3cc(F)ccc3F)cn12. The molecule has 4 rings (SSSR count). The Bertz CT molecular complexity index is 1090. The van der Waals surface area contributed by atoms with Crippen LogP contribution < -0.4 is 10.2 Å². The van der Waals surface area contributed by atoms with Crippen LogP contribution in [-0.4, -0.2) is 27.6 Å². The molecule has 0 saturated carbocycles. The van der Waals surface area contributed by atoms with Gasteiger partial charge < -0.3 is 9.64 Å². The number of hydrogen-bond donors (Lipinski definition) is 1. The zero-order chi connectivity index (χ0) is 21.5. The number of ether oxygens (including phenoxy) is 1. The molecule has 1 atom stereocenters. The topological polar surface area (TPSA) is 58.9 Å². The fourth-order valence-electron chi connectivity index (χ4n) is 3.81. The number of hydrogen-bond acceptors (Lipinski definition) is 4. The molecule has 3 heterocycles. The van der Waals surface area contributed by atoms with Crippen LogP contribution in [0.3, 0.4) is 0 Å². The number of amides is 1. The lowest BCUT2D eigenvalue weighted by molar-refractivity contribution is 0.0635. The molecule has 8 heteroatoms. The minimum Gasteiger partial charge on any atom is -0.444 e. The molecule has 0 unspecified atom stereocenters. The highest BCUT2D eigenvalue weighted by atomic mass is 19.1. The molecule has 0 spiro atoms. The van der Waals surface area contributed by atoms with Crippen molar-refractivity contribution in [3.63, 3.8) is 0 Å². The number of aromatic nitrogens is 2. The Kier molecular flexibility index (Phi) is 5.09. The Balaban J connectivity index is 1.64. The molecular formula is C22H24F2N4O2. The summed E-state index contributed by atoms with van der Waals surface area (Å²) < 4.78 is 35.2. The number of carbonyl (C=O) groups excluding carboxylic acids is 1. The third kappa shape index (κ3) is 4.08. The first-order valence-electron chi connectivity index (χ1n) is 9.90. The van der Waals surface area contributed by atoms with Gasteiger partial charge in [0.15, 0.2) is 0 Å². The molecule has 1 amide bonds. The monoisotopic (exact) mass is 414 g/mol. The summed E-state index contributed by atoms with van der Waals surface area (Å²) in [5.41, 5.74) is 1.22. The van der Waals surface area contributed by atoms with Crippen molar-refractivity contribution in [1.29, 1.82) is 0 Å². The minimum atomic E-state index is -0.618. The van der Waals surface area contributed by atoms with Gasteiger partial charge in [0.25, 0.3) is 0 Å². The van der Waals surface area contributed by atoms with Crippen molar-refractivity contribution < 1.29 is 18.3 Å². The van der Waals surface area contributed by atoms with E-state index in [9.17, 15) is 13.6 Å². The lowest BCUT2D eigenvalue weighted by Crippen LogP contribution is -2.27. The van der Waals surface area contributed by atoms with E-state index in [1.165, 1.54) is 12.1 Å². The average molecular weight is 414 g/mol. The Morgan fingerprint density at radius 3 is 2.80 bits per heavy atom. The van der Waals surface area contributed by atoms with E-state index in [1.807, 2.05) is 18.3 Å². The second-order valence-electron chi connectivity index (χ2n) is 8.40. The molecule has 30 heavy (non-hydrogen) atoms. The molecular weight excluding hydrogens is 390 g/mol. The van der Waals surface area contributed by atoms with Gasteiger partial charge in [0, 0.05) is 18.3 Å². The summed E-state index contributed by atoms with van der Waals surface area (Å²) in [6, 6.07) is 7.03. The van der Waals surface area contributed by atoms with E-state index in [2.05, 4.69) is 15.2 Å². The summed E-state index contributed by atoms with van der Waals surface area (Å²) in [6.07, 6.45) is 4.41. The minimum absolute atomic E-state index is 0.260. The highest BCUT2D eigenvalue weighted by Gasteiger charge is 2.29. The van der Waals surface area contributed by atoms with Crippen molar-refractivity contribution in [3.05, 3.63) is 59.9 Å². The molecule has 0 aliphatic carbocycles. The van der Waals surface area contributed by atoms with Crippen molar-refractivity contribution in [2.24, 2.45) is 0 Å². The van der Waals surface area contributed by atoms with Crippen LogP contribution in [0.4, 0.5) is 25.1 Å². The van der Waals surface area contributed by atoms with E-state index in [0.29, 0.717) is 17.0 Å². The molecule has 1 fully saturated rings. The molecule has 0 radical (unpaired) electrons. The van der Waals surface area contributed by atoms with E-state index in [0.717, 1.165) is 31.1 Å². The van der Waals surface area contributed by atoms with Gasteiger partial charge in [0.05, 0.1) is 17.9 Å². The fourth-order valence-corrected chi connectivity index (χ4v) is 3.81. The number of nitrogens with one attached hydrogen (secondary N) is 1. The molecule has 1 aliphatic heterocycles. The number of halogens is 2. The number of rotatable bonds is 3. The first kappa shape index (κ1) is 20.1. The Labute approximate surface area is 173 Å². The van der Waals surface area contributed by atoms with Crippen LogP contribution >= 0.6 is 0 Å². The van der Waals surface area contributed by atoms with E-state index in [-0.39, 0.29) is 6.04 Å². The summed E-state index contributed by atoms with van der Waals surface area (Å²) in [7, 11) is 0. The van der Waals surface area contributed by atoms with Gasteiger partial charge in [-0.2, -0.15) is 0 Å². The van der Waals surface area contributed by atoms with Gasteiger partial charge in [0.2, 0.25) is 0 Å². The quantitative estimate of drug-likeness (QED) is 0.632. The molecule has 1 saturated heterocycles. The first-order chi connectivity index (χ1) is 14.2. The number of benzene rings is 1. The van der Waals surface area contributed by atoms with Crippen LogP contribution in [0.15, 0.2) is 42.7 Å². The van der Waals surface area contributed by atoms with Crippen LogP contribution in [0.1, 0.15) is 45.2 Å². The van der Waals surface area contributed by atoms with E-state index < -0.39 is 23.3 Å². The maximum Gasteiger partial charge on any atom is 0.413 e. The van der Waals surface area contributed by atoms with Crippen molar-refractivity contribution in [2.45, 2.75) is 45.3 Å². The number of imidazole rings is 1. The number of nitrogens with zero attached hydrogens (tertiary/aromatic N) is 3. The third-order valence-electron chi connectivity index (χ3n) is 5.02. The van der Waals surface area contributed by atoms with E-state index in [4.69, 9.17) is 4.74 Å². The Morgan fingerprint density at radius 2 is 2.03 bits per heavy atom. The molecule has 1 N–H and O–H groups in total. The number of carbonyl (C=O) groups is 1. The molecule has 3 aromatic rings. The zero-order valence-electron chi connectivity index (χ0n) is 17.2. The van der Waals surface area contributed by atoms with Crippen molar-refractivity contribution >= 4 is 23.2 Å². The van der Waals surface area contributed by atoms with Crippen LogP contribution in [0.2, 0.25) is 0 Å².